The van der Waals surface area contributed by atoms with Crippen molar-refractivity contribution < 1.29 is 0 Å². The van der Waals surface area contributed by atoms with Gasteiger partial charge in [-0.2, -0.15) is 5.10 Å². The Morgan fingerprint density at radius 3 is 2.73 bits per heavy atom. The van der Waals surface area contributed by atoms with Gasteiger partial charge in [-0.05, 0) is 43.2 Å². The summed E-state index contributed by atoms with van der Waals surface area (Å²) < 4.78 is 0. The number of nitrogens with one attached hydrogen (secondary N) is 2. The van der Waals surface area contributed by atoms with Crippen LogP contribution in [-0.2, 0) is 13.1 Å². The SMILES string of the molecule is Cc1ccc(-c2[nH]ncc2CNCc2ccccn2)cc1C. The van der Waals surface area contributed by atoms with Crippen LogP contribution in [0.2, 0.25) is 0 Å². The molecule has 2 N–H and O–H groups in total. The fraction of sp³-hybridized carbons (Fsp3) is 0.222. The highest BCUT2D eigenvalue weighted by Gasteiger charge is 2.08. The molecule has 22 heavy (non-hydrogen) atoms. The predicted octanol–water partition coefficient (Wildman–Crippen LogP) is 3.38. The second kappa shape index (κ2) is 6.54. The maximum absolute atomic E-state index is 4.31. The molecule has 0 saturated carbocycles. The number of aromatic nitrogens is 3. The molecule has 3 rings (SSSR count). The first kappa shape index (κ1) is 14.5. The minimum absolute atomic E-state index is 0.748. The van der Waals surface area contributed by atoms with Gasteiger partial charge < -0.3 is 5.32 Å². The van der Waals surface area contributed by atoms with Crippen molar-refractivity contribution in [3.63, 3.8) is 0 Å². The Labute approximate surface area is 130 Å². The van der Waals surface area contributed by atoms with E-state index in [-0.39, 0.29) is 0 Å². The van der Waals surface area contributed by atoms with Crippen LogP contribution in [0.15, 0.2) is 48.8 Å². The Morgan fingerprint density at radius 1 is 1.05 bits per heavy atom. The van der Waals surface area contributed by atoms with Crippen molar-refractivity contribution in [3.05, 3.63) is 71.2 Å². The van der Waals surface area contributed by atoms with Gasteiger partial charge in [0.05, 0.1) is 17.6 Å². The Morgan fingerprint density at radius 2 is 1.95 bits per heavy atom. The van der Waals surface area contributed by atoms with Crippen LogP contribution in [0.1, 0.15) is 22.4 Å². The number of aromatic amines is 1. The van der Waals surface area contributed by atoms with Gasteiger partial charge >= 0.3 is 0 Å². The second-order valence-electron chi connectivity index (χ2n) is 5.49. The zero-order valence-corrected chi connectivity index (χ0v) is 12.9. The smallest absolute Gasteiger partial charge is 0.0695 e. The minimum atomic E-state index is 0.748. The van der Waals surface area contributed by atoms with E-state index in [2.05, 4.69) is 52.5 Å². The van der Waals surface area contributed by atoms with Crippen molar-refractivity contribution in [2.24, 2.45) is 0 Å². The first-order chi connectivity index (χ1) is 10.7. The molecule has 2 heterocycles. The molecular weight excluding hydrogens is 272 g/mol. The summed E-state index contributed by atoms with van der Waals surface area (Å²) in [5.41, 5.74) is 7.06. The highest BCUT2D eigenvalue weighted by Crippen LogP contribution is 2.23. The molecule has 0 aliphatic carbocycles. The van der Waals surface area contributed by atoms with E-state index in [0.717, 1.165) is 24.5 Å². The number of nitrogens with zero attached hydrogens (tertiary/aromatic N) is 2. The van der Waals surface area contributed by atoms with Gasteiger partial charge in [-0.15, -0.1) is 0 Å². The number of rotatable bonds is 5. The summed E-state index contributed by atoms with van der Waals surface area (Å²) in [4.78, 5) is 4.31. The first-order valence-corrected chi connectivity index (χ1v) is 7.44. The summed E-state index contributed by atoms with van der Waals surface area (Å²) in [6, 6.07) is 12.4. The number of hydrogen-bond acceptors (Lipinski definition) is 3. The fourth-order valence-electron chi connectivity index (χ4n) is 2.42. The molecule has 0 aliphatic heterocycles. The van der Waals surface area contributed by atoms with Gasteiger partial charge in [-0.1, -0.05) is 18.2 Å². The van der Waals surface area contributed by atoms with E-state index >= 15 is 0 Å². The van der Waals surface area contributed by atoms with Gasteiger partial charge in [0.2, 0.25) is 0 Å². The summed E-state index contributed by atoms with van der Waals surface area (Å²) in [6.45, 7) is 5.77. The Hall–Kier alpha value is -2.46. The van der Waals surface area contributed by atoms with Gasteiger partial charge in [-0.25, -0.2) is 0 Å². The fourth-order valence-corrected chi connectivity index (χ4v) is 2.42. The molecule has 0 atom stereocenters. The summed E-state index contributed by atoms with van der Waals surface area (Å²) in [7, 11) is 0. The molecule has 2 aromatic heterocycles. The molecule has 0 saturated heterocycles. The minimum Gasteiger partial charge on any atom is -0.307 e. The van der Waals surface area contributed by atoms with Gasteiger partial charge in [0, 0.05) is 30.4 Å². The van der Waals surface area contributed by atoms with Crippen LogP contribution in [0.5, 0.6) is 0 Å². The zero-order chi connectivity index (χ0) is 15.4. The molecule has 0 spiro atoms. The molecule has 0 amide bonds. The average molecular weight is 292 g/mol. The topological polar surface area (TPSA) is 53.6 Å². The second-order valence-corrected chi connectivity index (χ2v) is 5.49. The van der Waals surface area contributed by atoms with Crippen LogP contribution in [0.4, 0.5) is 0 Å². The molecule has 0 aliphatic rings. The largest absolute Gasteiger partial charge is 0.307 e. The lowest BCUT2D eigenvalue weighted by molar-refractivity contribution is 0.681. The van der Waals surface area contributed by atoms with Crippen molar-refractivity contribution in [1.82, 2.24) is 20.5 Å². The van der Waals surface area contributed by atoms with Crippen molar-refractivity contribution in [2.45, 2.75) is 26.9 Å². The Balaban J connectivity index is 1.71. The normalized spacial score (nSPS) is 10.8. The van der Waals surface area contributed by atoms with Crippen LogP contribution >= 0.6 is 0 Å². The van der Waals surface area contributed by atoms with Crippen molar-refractivity contribution in [1.29, 1.82) is 0 Å². The number of benzene rings is 1. The number of hydrogen-bond donors (Lipinski definition) is 2. The quantitative estimate of drug-likeness (QED) is 0.758. The highest BCUT2D eigenvalue weighted by molar-refractivity contribution is 5.64. The maximum atomic E-state index is 4.31. The third-order valence-electron chi connectivity index (χ3n) is 3.86. The molecular formula is C18H20N4. The van der Waals surface area contributed by atoms with Crippen molar-refractivity contribution in [2.75, 3.05) is 0 Å². The van der Waals surface area contributed by atoms with Gasteiger partial charge in [0.25, 0.3) is 0 Å². The van der Waals surface area contributed by atoms with Crippen LogP contribution in [-0.4, -0.2) is 15.2 Å². The number of aryl methyl sites for hydroxylation is 2. The maximum Gasteiger partial charge on any atom is 0.0695 e. The lowest BCUT2D eigenvalue weighted by Gasteiger charge is -2.07. The van der Waals surface area contributed by atoms with E-state index in [1.165, 1.54) is 22.3 Å². The molecule has 0 radical (unpaired) electrons. The summed E-state index contributed by atoms with van der Waals surface area (Å²) in [5.74, 6) is 0. The van der Waals surface area contributed by atoms with E-state index in [4.69, 9.17) is 0 Å². The third-order valence-corrected chi connectivity index (χ3v) is 3.86. The summed E-state index contributed by atoms with van der Waals surface area (Å²) in [6.07, 6.45) is 3.70. The van der Waals surface area contributed by atoms with Crippen LogP contribution in [0.3, 0.4) is 0 Å². The molecule has 0 unspecified atom stereocenters. The highest BCUT2D eigenvalue weighted by atomic mass is 15.1. The van der Waals surface area contributed by atoms with E-state index < -0.39 is 0 Å². The first-order valence-electron chi connectivity index (χ1n) is 7.44. The van der Waals surface area contributed by atoms with Gasteiger partial charge in [0.1, 0.15) is 0 Å². The monoisotopic (exact) mass is 292 g/mol. The lowest BCUT2D eigenvalue weighted by atomic mass is 10.0. The van der Waals surface area contributed by atoms with Gasteiger partial charge in [0.15, 0.2) is 0 Å². The number of pyridine rings is 1. The molecule has 3 aromatic rings. The summed E-state index contributed by atoms with van der Waals surface area (Å²) in [5, 5.41) is 10.7. The summed E-state index contributed by atoms with van der Waals surface area (Å²) >= 11 is 0. The van der Waals surface area contributed by atoms with E-state index in [1.54, 1.807) is 0 Å². The van der Waals surface area contributed by atoms with E-state index in [0.29, 0.717) is 0 Å². The zero-order valence-electron chi connectivity index (χ0n) is 12.9. The molecule has 4 heteroatoms. The molecule has 0 bridgehead atoms. The van der Waals surface area contributed by atoms with Gasteiger partial charge in [-0.3, -0.25) is 10.1 Å². The van der Waals surface area contributed by atoms with Crippen LogP contribution < -0.4 is 5.32 Å². The Bertz CT molecular complexity index is 747. The van der Waals surface area contributed by atoms with E-state index in [9.17, 15) is 0 Å². The molecule has 4 nitrogen and oxygen atoms in total. The van der Waals surface area contributed by atoms with E-state index in [1.807, 2.05) is 30.6 Å². The average Bonchev–Trinajstić information content (AvgIpc) is 3.00. The molecule has 1 aromatic carbocycles. The standard InChI is InChI=1S/C18H20N4/c1-13-6-7-15(9-14(13)2)18-16(11-21-22-18)10-19-12-17-5-3-4-8-20-17/h3-9,11,19H,10,12H2,1-2H3,(H,21,22). The molecule has 112 valence electrons. The third kappa shape index (κ3) is 3.23. The number of H-pyrrole nitrogens is 1. The van der Waals surface area contributed by atoms with Crippen LogP contribution in [0, 0.1) is 13.8 Å². The Kier molecular flexibility index (Phi) is 4.30. The van der Waals surface area contributed by atoms with Crippen LogP contribution in [0.25, 0.3) is 11.3 Å². The lowest BCUT2D eigenvalue weighted by Crippen LogP contribution is -2.13. The predicted molar refractivity (Wildman–Crippen MR) is 88.3 cm³/mol. The van der Waals surface area contributed by atoms with Crippen molar-refractivity contribution in [3.8, 4) is 11.3 Å². The molecule has 0 fully saturated rings. The van der Waals surface area contributed by atoms with Crippen molar-refractivity contribution >= 4 is 0 Å².